The summed E-state index contributed by atoms with van der Waals surface area (Å²) in [6.07, 6.45) is 3.27. The second-order valence-corrected chi connectivity index (χ2v) is 8.97. The zero-order valence-corrected chi connectivity index (χ0v) is 21.5. The van der Waals surface area contributed by atoms with Crippen LogP contribution in [-0.4, -0.2) is 77.4 Å². The average molecular weight is 520 g/mol. The van der Waals surface area contributed by atoms with E-state index in [1.807, 2.05) is 16.8 Å². The highest BCUT2D eigenvalue weighted by Crippen LogP contribution is 2.21. The maximum atomic E-state index is 6.15. The molecule has 4 heterocycles. The molecule has 38 heavy (non-hydrogen) atoms. The van der Waals surface area contributed by atoms with Crippen LogP contribution in [0.25, 0.3) is 16.7 Å². The van der Waals surface area contributed by atoms with Crippen molar-refractivity contribution in [2.75, 3.05) is 69.5 Å². The van der Waals surface area contributed by atoms with Gasteiger partial charge in [-0.3, -0.25) is 4.90 Å². The minimum absolute atomic E-state index is 0.133. The largest absolute Gasteiger partial charge is 0.491 e. The summed E-state index contributed by atoms with van der Waals surface area (Å²) in [6, 6.07) is 11.8. The molecule has 0 atom stereocenters. The zero-order chi connectivity index (χ0) is 26.5. The summed E-state index contributed by atoms with van der Waals surface area (Å²) in [5.41, 5.74) is 8.78. The maximum Gasteiger partial charge on any atom is 0.222 e. The monoisotopic (exact) mass is 519 g/mol. The van der Waals surface area contributed by atoms with E-state index in [-0.39, 0.29) is 5.95 Å². The first-order valence-electron chi connectivity index (χ1n) is 12.5. The van der Waals surface area contributed by atoms with Crippen molar-refractivity contribution in [3.05, 3.63) is 66.7 Å². The molecule has 0 bridgehead atoms. The predicted molar refractivity (Wildman–Crippen MR) is 146 cm³/mol. The number of methoxy groups -OCH3 is 1. The standard InChI is InChI=1S/C26H33N9O3/c1-19(23-4-3-15-38-23)30-25-22-18-29-34(24(22)31-26(27)35(25)28)14-11-32-9-12-33(13-10-32)20-5-7-21(8-6-20)37-17-16-36-2/h3-8,15,18H,1,9-14,16-17,28H2,2H3,(H2,27,31)/b30-25-. The number of nitrogens with zero attached hydrogens (tertiary/aromatic N) is 7. The molecule has 1 fully saturated rings. The number of piperazine rings is 1. The topological polar surface area (TPSA) is 138 Å². The number of furan rings is 1. The van der Waals surface area contributed by atoms with Gasteiger partial charge in [0.25, 0.3) is 0 Å². The summed E-state index contributed by atoms with van der Waals surface area (Å²) in [6.45, 7) is 10.4. The van der Waals surface area contributed by atoms with E-state index >= 15 is 0 Å². The highest BCUT2D eigenvalue weighted by Gasteiger charge is 2.18. The van der Waals surface area contributed by atoms with Crippen molar-refractivity contribution in [3.63, 3.8) is 0 Å². The van der Waals surface area contributed by atoms with E-state index in [1.54, 1.807) is 31.7 Å². The number of hydrogen-bond donors (Lipinski definition) is 2. The van der Waals surface area contributed by atoms with E-state index in [1.165, 1.54) is 10.4 Å². The highest BCUT2D eigenvalue weighted by molar-refractivity contribution is 5.75. The Hall–Kier alpha value is -4.29. The number of rotatable bonds is 10. The number of nitrogens with two attached hydrogens (primary N) is 2. The molecule has 3 aromatic heterocycles. The fourth-order valence-electron chi connectivity index (χ4n) is 4.42. The molecule has 5 rings (SSSR count). The first-order valence-corrected chi connectivity index (χ1v) is 12.5. The Kier molecular flexibility index (Phi) is 7.61. The molecule has 0 radical (unpaired) electrons. The number of ether oxygens (including phenoxy) is 2. The summed E-state index contributed by atoms with van der Waals surface area (Å²) in [4.78, 5) is 13.8. The fourth-order valence-corrected chi connectivity index (χ4v) is 4.42. The van der Waals surface area contributed by atoms with Crippen molar-refractivity contribution >= 4 is 28.4 Å². The van der Waals surface area contributed by atoms with Gasteiger partial charge in [-0.1, -0.05) is 6.58 Å². The van der Waals surface area contributed by atoms with E-state index in [4.69, 9.17) is 25.5 Å². The van der Waals surface area contributed by atoms with Crippen LogP contribution in [0, 0.1) is 0 Å². The van der Waals surface area contributed by atoms with E-state index in [0.717, 1.165) is 38.5 Å². The Morgan fingerprint density at radius 1 is 1.11 bits per heavy atom. The van der Waals surface area contributed by atoms with Crippen LogP contribution in [0.15, 0.2) is 64.8 Å². The average Bonchev–Trinajstić information content (AvgIpc) is 3.62. The van der Waals surface area contributed by atoms with E-state index in [9.17, 15) is 0 Å². The van der Waals surface area contributed by atoms with Gasteiger partial charge < -0.3 is 30.4 Å². The van der Waals surface area contributed by atoms with E-state index in [0.29, 0.717) is 47.7 Å². The zero-order valence-electron chi connectivity index (χ0n) is 21.5. The molecule has 0 unspecified atom stereocenters. The Labute approximate surface area is 220 Å². The Morgan fingerprint density at radius 2 is 1.89 bits per heavy atom. The second-order valence-electron chi connectivity index (χ2n) is 8.97. The molecular formula is C26H33N9O3. The summed E-state index contributed by atoms with van der Waals surface area (Å²) in [5, 5.41) is 5.24. The first-order chi connectivity index (χ1) is 18.5. The third-order valence-corrected chi connectivity index (χ3v) is 6.55. The van der Waals surface area contributed by atoms with Crippen LogP contribution in [0.2, 0.25) is 0 Å². The third-order valence-electron chi connectivity index (χ3n) is 6.55. The highest BCUT2D eigenvalue weighted by atomic mass is 16.5. The molecule has 0 amide bonds. The van der Waals surface area contributed by atoms with Crippen molar-refractivity contribution in [2.45, 2.75) is 6.54 Å². The molecule has 4 aromatic rings. The van der Waals surface area contributed by atoms with Crippen LogP contribution in [0.1, 0.15) is 5.76 Å². The SMILES string of the molecule is C=C(/N=c1/c2cnn(CCN3CCN(c4ccc(OCCOC)cc4)CC3)c2nc(N)n1N)c1ccco1. The fraction of sp³-hybridized carbons (Fsp3) is 0.346. The molecule has 4 N–H and O–H groups in total. The Bertz CT molecular complexity index is 1430. The number of fused-ring (bicyclic) bond motifs is 1. The molecule has 1 aliphatic rings. The molecule has 0 saturated carbocycles. The lowest BCUT2D eigenvalue weighted by atomic mass is 10.2. The molecule has 0 spiro atoms. The number of hydrogen-bond acceptors (Lipinski definition) is 10. The third kappa shape index (κ3) is 5.50. The number of aromatic nitrogens is 4. The van der Waals surface area contributed by atoms with Gasteiger partial charge in [-0.05, 0) is 36.4 Å². The van der Waals surface area contributed by atoms with E-state index < -0.39 is 0 Å². The Morgan fingerprint density at radius 3 is 2.61 bits per heavy atom. The van der Waals surface area contributed by atoms with Crippen LogP contribution in [-0.2, 0) is 11.3 Å². The normalized spacial score (nSPS) is 14.9. The van der Waals surface area contributed by atoms with Crippen molar-refractivity contribution in [1.82, 2.24) is 24.3 Å². The van der Waals surface area contributed by atoms with Gasteiger partial charge in [0.15, 0.2) is 16.9 Å². The lowest BCUT2D eigenvalue weighted by molar-refractivity contribution is 0.146. The van der Waals surface area contributed by atoms with Crippen LogP contribution in [0.3, 0.4) is 0 Å². The number of nitrogen functional groups attached to an aromatic ring is 2. The summed E-state index contributed by atoms with van der Waals surface area (Å²) < 4.78 is 19.2. The summed E-state index contributed by atoms with van der Waals surface area (Å²) in [7, 11) is 1.67. The van der Waals surface area contributed by atoms with Gasteiger partial charge >= 0.3 is 0 Å². The molecule has 1 aromatic carbocycles. The van der Waals surface area contributed by atoms with Gasteiger partial charge in [0.05, 0.1) is 31.0 Å². The number of benzene rings is 1. The van der Waals surface area contributed by atoms with Gasteiger partial charge in [0.2, 0.25) is 5.95 Å². The van der Waals surface area contributed by atoms with Crippen molar-refractivity contribution in [3.8, 4) is 5.75 Å². The molecule has 1 aliphatic heterocycles. The van der Waals surface area contributed by atoms with Gasteiger partial charge in [-0.2, -0.15) is 10.1 Å². The summed E-state index contributed by atoms with van der Waals surface area (Å²) >= 11 is 0. The smallest absolute Gasteiger partial charge is 0.222 e. The minimum atomic E-state index is 0.133. The molecular weight excluding hydrogens is 486 g/mol. The van der Waals surface area contributed by atoms with Crippen molar-refractivity contribution in [1.29, 1.82) is 0 Å². The van der Waals surface area contributed by atoms with Crippen molar-refractivity contribution in [2.24, 2.45) is 4.99 Å². The quantitative estimate of drug-likeness (QED) is 0.236. The minimum Gasteiger partial charge on any atom is -0.491 e. The van der Waals surface area contributed by atoms with Gasteiger partial charge in [0, 0.05) is 45.5 Å². The molecule has 0 aliphatic carbocycles. The second kappa shape index (κ2) is 11.4. The predicted octanol–water partition coefficient (Wildman–Crippen LogP) is 1.54. The molecule has 200 valence electrons. The lowest BCUT2D eigenvalue weighted by Crippen LogP contribution is -2.47. The van der Waals surface area contributed by atoms with Crippen LogP contribution in [0.5, 0.6) is 5.75 Å². The molecule has 12 nitrogen and oxygen atoms in total. The van der Waals surface area contributed by atoms with Gasteiger partial charge in [0.1, 0.15) is 18.1 Å². The molecule has 12 heteroatoms. The summed E-state index contributed by atoms with van der Waals surface area (Å²) in [5.74, 6) is 7.68. The van der Waals surface area contributed by atoms with Crippen molar-refractivity contribution < 1.29 is 13.9 Å². The van der Waals surface area contributed by atoms with Gasteiger partial charge in [-0.15, -0.1) is 0 Å². The maximum absolute atomic E-state index is 6.15. The first kappa shape index (κ1) is 25.4. The van der Waals surface area contributed by atoms with Gasteiger partial charge in [-0.25, -0.2) is 14.4 Å². The van der Waals surface area contributed by atoms with Crippen LogP contribution in [0.4, 0.5) is 11.6 Å². The molecule has 1 saturated heterocycles. The van der Waals surface area contributed by atoms with E-state index in [2.05, 4.69) is 43.6 Å². The van der Waals surface area contributed by atoms with Crippen LogP contribution < -0.4 is 26.7 Å². The van der Waals surface area contributed by atoms with Crippen LogP contribution >= 0.6 is 0 Å². The Balaban J connectivity index is 1.21. The lowest BCUT2D eigenvalue weighted by Gasteiger charge is -2.36. The number of anilines is 2.